The van der Waals surface area contributed by atoms with Gasteiger partial charge in [0.25, 0.3) is 0 Å². The molecule has 0 aliphatic heterocycles. The lowest BCUT2D eigenvalue weighted by atomic mass is 9.96. The Balaban J connectivity index is 2.13. The Morgan fingerprint density at radius 2 is 1.92 bits per heavy atom. The van der Waals surface area contributed by atoms with Crippen molar-refractivity contribution in [3.05, 3.63) is 47.8 Å². The molecule has 0 saturated heterocycles. The molecule has 2 aromatic carbocycles. The zero-order chi connectivity index (χ0) is 18.2. The summed E-state index contributed by atoms with van der Waals surface area (Å²) in [6.45, 7) is 0.0422. The average molecular weight is 351 g/mol. The molecule has 3 rings (SSSR count). The zero-order valence-corrected chi connectivity index (χ0v) is 13.3. The Morgan fingerprint density at radius 1 is 1.24 bits per heavy atom. The van der Waals surface area contributed by atoms with Crippen molar-refractivity contribution in [1.29, 1.82) is 0 Å². The number of fused-ring (bicyclic) bond motifs is 1. The van der Waals surface area contributed by atoms with E-state index in [1.165, 1.54) is 24.3 Å². The highest BCUT2D eigenvalue weighted by Gasteiger charge is 2.31. The molecule has 0 atom stereocenters. The minimum atomic E-state index is -4.73. The third-order valence-corrected chi connectivity index (χ3v) is 3.96. The molecule has 0 spiro atoms. The minimum Gasteiger partial charge on any atom is -0.406 e. The van der Waals surface area contributed by atoms with Crippen LogP contribution in [0.1, 0.15) is 11.1 Å². The zero-order valence-electron chi connectivity index (χ0n) is 13.3. The lowest BCUT2D eigenvalue weighted by Crippen LogP contribution is -2.16. The summed E-state index contributed by atoms with van der Waals surface area (Å²) in [6.07, 6.45) is -3.11. The van der Waals surface area contributed by atoms with E-state index in [1.54, 1.807) is 24.0 Å². The molecule has 0 aliphatic carbocycles. The van der Waals surface area contributed by atoms with Crippen LogP contribution in [0.15, 0.2) is 36.7 Å². The van der Waals surface area contributed by atoms with Gasteiger partial charge >= 0.3 is 6.36 Å². The van der Waals surface area contributed by atoms with Crippen LogP contribution in [0.5, 0.6) is 5.75 Å². The first-order valence-corrected chi connectivity index (χ1v) is 7.47. The number of aromatic nitrogens is 2. The van der Waals surface area contributed by atoms with Crippen LogP contribution >= 0.6 is 0 Å². The van der Waals surface area contributed by atoms with E-state index in [0.29, 0.717) is 16.6 Å². The number of hydrogen-bond donors (Lipinski definition) is 2. The molecule has 5 nitrogen and oxygen atoms in total. The molecule has 3 N–H and O–H groups in total. The Kier molecular flexibility index (Phi) is 4.40. The maximum atomic E-state index is 12.3. The van der Waals surface area contributed by atoms with Gasteiger partial charge in [0.05, 0.1) is 24.0 Å². The summed E-state index contributed by atoms with van der Waals surface area (Å²) in [4.78, 5) is 4.36. The molecule has 3 aromatic rings. The van der Waals surface area contributed by atoms with Crippen molar-refractivity contribution < 1.29 is 23.0 Å². The number of nitrogens with two attached hydrogens (primary N) is 1. The maximum absolute atomic E-state index is 12.3. The molecule has 0 unspecified atom stereocenters. The largest absolute Gasteiger partial charge is 0.573 e. The molecule has 0 radical (unpaired) electrons. The second-order valence-electron chi connectivity index (χ2n) is 5.55. The highest BCUT2D eigenvalue weighted by atomic mass is 19.4. The van der Waals surface area contributed by atoms with Gasteiger partial charge in [-0.1, -0.05) is 12.1 Å². The normalized spacial score (nSPS) is 11.9. The Morgan fingerprint density at radius 3 is 2.48 bits per heavy atom. The standard InChI is InChI=1S/C17H16F3N3O2/c1-23-9-22-15-13(6-11(7-21)14(8-24)16(15)23)10-2-4-12(5-3-10)25-17(18,19)20/h2-6,9,24H,7-8,21H2,1H3. The van der Waals surface area contributed by atoms with Crippen molar-refractivity contribution in [2.45, 2.75) is 19.5 Å². The Bertz CT molecular complexity index is 902. The fraction of sp³-hybridized carbons (Fsp3) is 0.235. The molecule has 0 aliphatic rings. The summed E-state index contributed by atoms with van der Waals surface area (Å²) >= 11 is 0. The molecule has 132 valence electrons. The van der Waals surface area contributed by atoms with Crippen molar-refractivity contribution in [3.63, 3.8) is 0 Å². The van der Waals surface area contributed by atoms with Crippen LogP contribution in [0, 0.1) is 0 Å². The van der Waals surface area contributed by atoms with Crippen molar-refractivity contribution in [2.24, 2.45) is 12.8 Å². The summed E-state index contributed by atoms with van der Waals surface area (Å²) in [5.74, 6) is -0.292. The van der Waals surface area contributed by atoms with Crippen molar-refractivity contribution in [3.8, 4) is 16.9 Å². The van der Waals surface area contributed by atoms with E-state index in [2.05, 4.69) is 9.72 Å². The summed E-state index contributed by atoms with van der Waals surface area (Å²) in [5, 5.41) is 9.68. The van der Waals surface area contributed by atoms with E-state index >= 15 is 0 Å². The van der Waals surface area contributed by atoms with E-state index in [0.717, 1.165) is 16.6 Å². The number of alkyl halides is 3. The summed E-state index contributed by atoms with van der Waals surface area (Å²) < 4.78 is 42.5. The Hall–Kier alpha value is -2.58. The van der Waals surface area contributed by atoms with Gasteiger partial charge in [-0.2, -0.15) is 0 Å². The van der Waals surface area contributed by atoms with E-state index in [1.807, 2.05) is 0 Å². The molecule has 0 bridgehead atoms. The molecule has 0 fully saturated rings. The number of aliphatic hydroxyl groups is 1. The van der Waals surface area contributed by atoms with Gasteiger partial charge in [0, 0.05) is 24.7 Å². The second kappa shape index (κ2) is 6.38. The Labute approximate surface area is 141 Å². The van der Waals surface area contributed by atoms with Crippen LogP contribution in [0.4, 0.5) is 13.2 Å². The number of ether oxygens (including phenoxy) is 1. The monoisotopic (exact) mass is 351 g/mol. The van der Waals surface area contributed by atoms with E-state index in [-0.39, 0.29) is 18.9 Å². The van der Waals surface area contributed by atoms with Crippen LogP contribution in [0.2, 0.25) is 0 Å². The average Bonchev–Trinajstić information content (AvgIpc) is 2.95. The molecule has 0 saturated carbocycles. The lowest BCUT2D eigenvalue weighted by Gasteiger charge is -2.13. The van der Waals surface area contributed by atoms with Crippen LogP contribution in [0.3, 0.4) is 0 Å². The van der Waals surface area contributed by atoms with Crippen LogP contribution < -0.4 is 10.5 Å². The fourth-order valence-corrected chi connectivity index (χ4v) is 2.88. The highest BCUT2D eigenvalue weighted by Crippen LogP contribution is 2.34. The first-order valence-electron chi connectivity index (χ1n) is 7.47. The van der Waals surface area contributed by atoms with E-state index in [9.17, 15) is 18.3 Å². The van der Waals surface area contributed by atoms with Gasteiger partial charge in [0.2, 0.25) is 0 Å². The highest BCUT2D eigenvalue weighted by molar-refractivity contribution is 5.95. The smallest absolute Gasteiger partial charge is 0.406 e. The number of halogens is 3. The van der Waals surface area contributed by atoms with Gasteiger partial charge in [0.1, 0.15) is 5.75 Å². The SMILES string of the molecule is Cn1cnc2c(-c3ccc(OC(F)(F)F)cc3)cc(CN)c(CO)c21. The number of hydrogen-bond acceptors (Lipinski definition) is 4. The maximum Gasteiger partial charge on any atom is 0.573 e. The number of rotatable bonds is 4. The lowest BCUT2D eigenvalue weighted by molar-refractivity contribution is -0.274. The number of aliphatic hydroxyl groups excluding tert-OH is 1. The molecule has 8 heteroatoms. The predicted octanol–water partition coefficient (Wildman–Crippen LogP) is 3.09. The quantitative estimate of drug-likeness (QED) is 0.758. The van der Waals surface area contributed by atoms with Crippen molar-refractivity contribution in [1.82, 2.24) is 9.55 Å². The summed E-state index contributed by atoms with van der Waals surface area (Å²) in [7, 11) is 1.80. The summed E-state index contributed by atoms with van der Waals surface area (Å²) in [6, 6.07) is 7.37. The van der Waals surface area contributed by atoms with Crippen molar-refractivity contribution in [2.75, 3.05) is 0 Å². The van der Waals surface area contributed by atoms with Gasteiger partial charge in [-0.15, -0.1) is 13.2 Å². The first-order chi connectivity index (χ1) is 11.8. The molecule has 1 heterocycles. The third-order valence-electron chi connectivity index (χ3n) is 3.96. The second-order valence-corrected chi connectivity index (χ2v) is 5.55. The topological polar surface area (TPSA) is 73.3 Å². The van der Waals surface area contributed by atoms with Crippen molar-refractivity contribution >= 4 is 11.0 Å². The van der Waals surface area contributed by atoms with Crippen LogP contribution in [0.25, 0.3) is 22.2 Å². The van der Waals surface area contributed by atoms with E-state index in [4.69, 9.17) is 5.73 Å². The molecule has 1 aromatic heterocycles. The molecular weight excluding hydrogens is 335 g/mol. The van der Waals surface area contributed by atoms with Gasteiger partial charge in [0.15, 0.2) is 0 Å². The van der Waals surface area contributed by atoms with Crippen LogP contribution in [-0.4, -0.2) is 21.0 Å². The fourth-order valence-electron chi connectivity index (χ4n) is 2.88. The summed E-state index contributed by atoms with van der Waals surface area (Å²) in [5.41, 5.74) is 10.0. The predicted molar refractivity (Wildman–Crippen MR) is 86.6 cm³/mol. The van der Waals surface area contributed by atoms with E-state index < -0.39 is 6.36 Å². The number of benzene rings is 2. The number of aryl methyl sites for hydroxylation is 1. The van der Waals surface area contributed by atoms with Gasteiger partial charge in [-0.25, -0.2) is 4.98 Å². The first kappa shape index (κ1) is 17.2. The van der Waals surface area contributed by atoms with Gasteiger partial charge < -0.3 is 20.1 Å². The molecule has 25 heavy (non-hydrogen) atoms. The van der Waals surface area contributed by atoms with Gasteiger partial charge in [-0.05, 0) is 29.3 Å². The van der Waals surface area contributed by atoms with Crippen LogP contribution in [-0.2, 0) is 20.2 Å². The van der Waals surface area contributed by atoms with Gasteiger partial charge in [-0.3, -0.25) is 0 Å². The number of nitrogens with zero attached hydrogens (tertiary/aromatic N) is 2. The minimum absolute atomic E-state index is 0.179. The molecular formula is C17H16F3N3O2. The third kappa shape index (κ3) is 3.31. The molecule has 0 amide bonds. The number of imidazole rings is 1.